The summed E-state index contributed by atoms with van der Waals surface area (Å²) in [6.07, 6.45) is 9.80. The summed E-state index contributed by atoms with van der Waals surface area (Å²) < 4.78 is 0. The zero-order chi connectivity index (χ0) is 26.0. The molecule has 198 valence electrons. The second kappa shape index (κ2) is 10.8. The highest BCUT2D eigenvalue weighted by Crippen LogP contribution is 2.60. The Balaban J connectivity index is 1.20. The SMILES string of the molecule is CC(C)(O)CCCNC1[C@@H]2CC3C[C@H]1CC(CNc1nc(NCc4ccccc4Cl)ncc1C#N)(C3)C2. The Morgan fingerprint density at radius 3 is 2.62 bits per heavy atom. The van der Waals surface area contributed by atoms with Gasteiger partial charge in [-0.15, -0.1) is 0 Å². The van der Waals surface area contributed by atoms with E-state index in [-0.39, 0.29) is 5.41 Å². The Kier molecular flexibility index (Phi) is 7.63. The third-order valence-electron chi connectivity index (χ3n) is 8.68. The molecule has 37 heavy (non-hydrogen) atoms. The van der Waals surface area contributed by atoms with Gasteiger partial charge in [0.2, 0.25) is 5.95 Å². The van der Waals surface area contributed by atoms with E-state index in [1.165, 1.54) is 32.1 Å². The van der Waals surface area contributed by atoms with E-state index in [4.69, 9.17) is 11.6 Å². The van der Waals surface area contributed by atoms with Gasteiger partial charge in [-0.1, -0.05) is 29.8 Å². The molecule has 1 heterocycles. The fourth-order valence-corrected chi connectivity index (χ4v) is 7.51. The van der Waals surface area contributed by atoms with Crippen molar-refractivity contribution in [2.24, 2.45) is 23.2 Å². The fourth-order valence-electron chi connectivity index (χ4n) is 7.30. The number of halogens is 1. The van der Waals surface area contributed by atoms with Gasteiger partial charge in [0.25, 0.3) is 0 Å². The van der Waals surface area contributed by atoms with Crippen molar-refractivity contribution in [3.63, 3.8) is 0 Å². The summed E-state index contributed by atoms with van der Waals surface area (Å²) in [5.74, 6) is 3.33. The van der Waals surface area contributed by atoms with Crippen LogP contribution in [0.5, 0.6) is 0 Å². The molecule has 0 radical (unpaired) electrons. The molecule has 1 aromatic heterocycles. The molecular weight excluding hydrogens is 484 g/mol. The standard InChI is InChI=1S/C29H39ClN6O/c1-28(2,37)8-5-9-32-25-21-10-19-11-22(25)14-29(12-19,13-21)18-35-26-23(15-31)17-34-27(36-26)33-16-20-6-3-4-7-24(20)30/h3-4,6-7,17,19,21-22,25,32,37H,5,8-14,16,18H2,1-2H3,(H2,33,34,35,36)/t19?,21-,22+,25?,29?. The van der Waals surface area contributed by atoms with E-state index in [2.05, 4.69) is 32.0 Å². The lowest BCUT2D eigenvalue weighted by Crippen LogP contribution is -2.59. The lowest BCUT2D eigenvalue weighted by Gasteiger charge is -2.60. The second-order valence-electron chi connectivity index (χ2n) is 12.2. The van der Waals surface area contributed by atoms with E-state index in [0.29, 0.717) is 46.8 Å². The van der Waals surface area contributed by atoms with E-state index in [9.17, 15) is 10.4 Å². The van der Waals surface area contributed by atoms with Crippen LogP contribution in [0, 0.1) is 34.5 Å². The van der Waals surface area contributed by atoms with Gasteiger partial charge >= 0.3 is 0 Å². The van der Waals surface area contributed by atoms with Crippen molar-refractivity contribution in [2.75, 3.05) is 23.7 Å². The normalized spacial score (nSPS) is 28.2. The molecule has 4 fully saturated rings. The number of nitrogens with zero attached hydrogens (tertiary/aromatic N) is 3. The first-order valence-corrected chi connectivity index (χ1v) is 14.1. The first-order chi connectivity index (χ1) is 17.7. The summed E-state index contributed by atoms with van der Waals surface area (Å²) in [5.41, 5.74) is 1.13. The van der Waals surface area contributed by atoms with Crippen LogP contribution < -0.4 is 16.0 Å². The molecule has 5 atom stereocenters. The lowest BCUT2D eigenvalue weighted by atomic mass is 9.48. The highest BCUT2D eigenvalue weighted by atomic mass is 35.5. The topological polar surface area (TPSA) is 106 Å². The quantitative estimate of drug-likeness (QED) is 0.294. The van der Waals surface area contributed by atoms with Gasteiger partial charge in [0, 0.05) is 24.2 Å². The molecule has 4 saturated carbocycles. The van der Waals surface area contributed by atoms with Crippen LogP contribution >= 0.6 is 11.6 Å². The maximum absolute atomic E-state index is 10.0. The molecule has 0 aliphatic heterocycles. The minimum Gasteiger partial charge on any atom is -0.390 e. The smallest absolute Gasteiger partial charge is 0.224 e. The van der Waals surface area contributed by atoms with Gasteiger partial charge in [-0.2, -0.15) is 10.2 Å². The third-order valence-corrected chi connectivity index (χ3v) is 9.05. The Hall–Kier alpha value is -2.40. The highest BCUT2D eigenvalue weighted by Gasteiger charge is 2.54. The fraction of sp³-hybridized carbons (Fsp3) is 0.621. The van der Waals surface area contributed by atoms with Crippen molar-refractivity contribution in [2.45, 2.75) is 77.0 Å². The first-order valence-electron chi connectivity index (χ1n) is 13.7. The molecule has 4 aliphatic carbocycles. The van der Waals surface area contributed by atoms with Crippen LogP contribution in [0.3, 0.4) is 0 Å². The second-order valence-corrected chi connectivity index (χ2v) is 12.6. The number of aliphatic hydroxyl groups is 1. The Bertz CT molecular complexity index is 1130. The average Bonchev–Trinajstić information content (AvgIpc) is 2.85. The lowest BCUT2D eigenvalue weighted by molar-refractivity contribution is -0.0695. The number of aromatic nitrogens is 2. The highest BCUT2D eigenvalue weighted by molar-refractivity contribution is 6.31. The Labute approximate surface area is 225 Å². The largest absolute Gasteiger partial charge is 0.390 e. The molecule has 0 saturated heterocycles. The molecule has 3 unspecified atom stereocenters. The van der Waals surface area contributed by atoms with Gasteiger partial charge in [0.05, 0.1) is 11.8 Å². The summed E-state index contributed by atoms with van der Waals surface area (Å²) in [6, 6.07) is 10.5. The zero-order valence-corrected chi connectivity index (χ0v) is 22.7. The molecule has 4 aliphatic rings. The number of nitriles is 1. The van der Waals surface area contributed by atoms with Crippen LogP contribution in [0.25, 0.3) is 0 Å². The molecule has 1 aromatic carbocycles. The van der Waals surface area contributed by atoms with Crippen molar-refractivity contribution in [1.29, 1.82) is 5.26 Å². The molecule has 0 amide bonds. The van der Waals surface area contributed by atoms with E-state index in [0.717, 1.165) is 37.4 Å². The maximum Gasteiger partial charge on any atom is 0.224 e. The van der Waals surface area contributed by atoms with Crippen LogP contribution in [0.2, 0.25) is 5.02 Å². The van der Waals surface area contributed by atoms with E-state index >= 15 is 0 Å². The molecule has 4 N–H and O–H groups in total. The average molecular weight is 523 g/mol. The number of nitrogens with one attached hydrogen (secondary N) is 3. The molecule has 2 aromatic rings. The van der Waals surface area contributed by atoms with Crippen molar-refractivity contribution in [3.05, 3.63) is 46.6 Å². The summed E-state index contributed by atoms with van der Waals surface area (Å²) in [6.45, 7) is 6.12. The zero-order valence-electron chi connectivity index (χ0n) is 21.9. The molecule has 4 bridgehead atoms. The van der Waals surface area contributed by atoms with Crippen LogP contribution in [0.1, 0.15) is 69.9 Å². The maximum atomic E-state index is 10.0. The third kappa shape index (κ3) is 6.19. The van der Waals surface area contributed by atoms with Gasteiger partial charge in [0.1, 0.15) is 17.5 Å². The molecular formula is C29H39ClN6O. The molecule has 6 rings (SSSR count). The summed E-state index contributed by atoms with van der Waals surface area (Å²) in [5, 5.41) is 31.1. The first kappa shape index (κ1) is 26.2. The molecule has 0 spiro atoms. The molecule has 8 heteroatoms. The monoisotopic (exact) mass is 522 g/mol. The predicted octanol–water partition coefficient (Wildman–Crippen LogP) is 5.36. The van der Waals surface area contributed by atoms with Crippen LogP contribution in [-0.2, 0) is 6.54 Å². The number of hydrogen-bond donors (Lipinski definition) is 4. The predicted molar refractivity (Wildman–Crippen MR) is 147 cm³/mol. The van der Waals surface area contributed by atoms with Gasteiger partial charge in [0.15, 0.2) is 0 Å². The Morgan fingerprint density at radius 1 is 1.16 bits per heavy atom. The van der Waals surface area contributed by atoms with E-state index < -0.39 is 5.60 Å². The summed E-state index contributed by atoms with van der Waals surface area (Å²) in [7, 11) is 0. The minimum atomic E-state index is -0.589. The van der Waals surface area contributed by atoms with Crippen LogP contribution in [0.4, 0.5) is 11.8 Å². The van der Waals surface area contributed by atoms with Gasteiger partial charge in [-0.05, 0) is 100 Å². The van der Waals surface area contributed by atoms with Crippen molar-refractivity contribution in [1.82, 2.24) is 15.3 Å². The van der Waals surface area contributed by atoms with Crippen molar-refractivity contribution in [3.8, 4) is 6.07 Å². The van der Waals surface area contributed by atoms with Crippen LogP contribution in [-0.4, -0.2) is 39.8 Å². The Morgan fingerprint density at radius 2 is 1.92 bits per heavy atom. The van der Waals surface area contributed by atoms with E-state index in [1.807, 2.05) is 38.1 Å². The number of rotatable bonds is 11. The van der Waals surface area contributed by atoms with Crippen molar-refractivity contribution < 1.29 is 5.11 Å². The van der Waals surface area contributed by atoms with Crippen LogP contribution in [0.15, 0.2) is 30.5 Å². The summed E-state index contributed by atoms with van der Waals surface area (Å²) in [4.78, 5) is 9.00. The minimum absolute atomic E-state index is 0.268. The van der Waals surface area contributed by atoms with Gasteiger partial charge in [-0.25, -0.2) is 4.98 Å². The van der Waals surface area contributed by atoms with E-state index in [1.54, 1.807) is 6.20 Å². The van der Waals surface area contributed by atoms with Gasteiger partial charge < -0.3 is 21.1 Å². The number of benzene rings is 1. The molecule has 7 nitrogen and oxygen atoms in total. The van der Waals surface area contributed by atoms with Gasteiger partial charge in [-0.3, -0.25) is 0 Å². The number of hydrogen-bond acceptors (Lipinski definition) is 7. The number of anilines is 2. The van der Waals surface area contributed by atoms with Crippen molar-refractivity contribution >= 4 is 23.4 Å². The summed E-state index contributed by atoms with van der Waals surface area (Å²) >= 11 is 6.28.